The van der Waals surface area contributed by atoms with Crippen LogP contribution in [0.4, 0.5) is 0 Å². The summed E-state index contributed by atoms with van der Waals surface area (Å²) in [6.45, 7) is 4.37. The first-order valence-electron chi connectivity index (χ1n) is 2.89. The Bertz CT molecular complexity index is 98.4. The van der Waals surface area contributed by atoms with Gasteiger partial charge in [0.1, 0.15) is 0 Å². The third-order valence-electron chi connectivity index (χ3n) is 2.29. The van der Waals surface area contributed by atoms with Crippen molar-refractivity contribution in [2.75, 3.05) is 13.2 Å². The zero-order chi connectivity index (χ0) is 4.91. The fourth-order valence-electron chi connectivity index (χ4n) is 1.38. The number of rotatable bonds is 0. The molecule has 1 saturated heterocycles. The molecule has 0 amide bonds. The first kappa shape index (κ1) is 3.90. The summed E-state index contributed by atoms with van der Waals surface area (Å²) in [6.07, 6.45) is 1.42. The van der Waals surface area contributed by atoms with Crippen LogP contribution in [-0.2, 0) is 4.74 Å². The zero-order valence-corrected chi connectivity index (χ0v) is 4.61. The first-order chi connectivity index (χ1) is 3.31. The van der Waals surface area contributed by atoms with Crippen LogP contribution in [0.2, 0.25) is 0 Å². The summed E-state index contributed by atoms with van der Waals surface area (Å²) >= 11 is 0. The quantitative estimate of drug-likeness (QED) is 0.440. The molecule has 0 spiro atoms. The van der Waals surface area contributed by atoms with Gasteiger partial charge in [0.15, 0.2) is 0 Å². The van der Waals surface area contributed by atoms with Crippen molar-refractivity contribution in [1.82, 2.24) is 0 Å². The molecule has 2 aliphatic rings. The minimum atomic E-state index is 0.639. The predicted molar refractivity (Wildman–Crippen MR) is 27.0 cm³/mol. The molecule has 1 heterocycles. The second kappa shape index (κ2) is 0.873. The highest BCUT2D eigenvalue weighted by atomic mass is 16.5. The van der Waals surface area contributed by atoms with E-state index in [-0.39, 0.29) is 0 Å². The second-order valence-corrected chi connectivity index (χ2v) is 3.07. The van der Waals surface area contributed by atoms with Crippen LogP contribution in [0.15, 0.2) is 0 Å². The topological polar surface area (TPSA) is 9.23 Å². The highest BCUT2D eigenvalue weighted by Crippen LogP contribution is 2.56. The Hall–Kier alpha value is -0.0400. The monoisotopic (exact) mass is 98.1 g/mol. The SMILES string of the molecule is CC12COCC1C2. The van der Waals surface area contributed by atoms with Gasteiger partial charge in [0.25, 0.3) is 0 Å². The Balaban J connectivity index is 2.17. The van der Waals surface area contributed by atoms with Gasteiger partial charge < -0.3 is 4.74 Å². The molecule has 2 fully saturated rings. The third kappa shape index (κ3) is 0.367. The number of fused-ring (bicyclic) bond motifs is 1. The van der Waals surface area contributed by atoms with Crippen LogP contribution < -0.4 is 0 Å². The molecule has 2 unspecified atom stereocenters. The second-order valence-electron chi connectivity index (χ2n) is 3.07. The summed E-state index contributed by atoms with van der Waals surface area (Å²) in [5, 5.41) is 0. The smallest absolute Gasteiger partial charge is 0.0523 e. The highest BCUT2D eigenvalue weighted by molar-refractivity contribution is 5.02. The molecule has 7 heavy (non-hydrogen) atoms. The summed E-state index contributed by atoms with van der Waals surface area (Å²) in [6, 6.07) is 0. The van der Waals surface area contributed by atoms with Crippen molar-refractivity contribution in [3.05, 3.63) is 0 Å². The third-order valence-corrected chi connectivity index (χ3v) is 2.29. The minimum Gasteiger partial charge on any atom is -0.381 e. The lowest BCUT2D eigenvalue weighted by molar-refractivity contribution is 0.151. The summed E-state index contributed by atoms with van der Waals surface area (Å²) in [5.41, 5.74) is 0.639. The largest absolute Gasteiger partial charge is 0.381 e. The van der Waals surface area contributed by atoms with E-state index in [1.807, 2.05) is 0 Å². The van der Waals surface area contributed by atoms with Crippen molar-refractivity contribution in [2.24, 2.45) is 11.3 Å². The van der Waals surface area contributed by atoms with Crippen LogP contribution >= 0.6 is 0 Å². The fourth-order valence-corrected chi connectivity index (χ4v) is 1.38. The molecule has 2 atom stereocenters. The summed E-state index contributed by atoms with van der Waals surface area (Å²) in [5.74, 6) is 0.937. The zero-order valence-electron chi connectivity index (χ0n) is 4.61. The van der Waals surface area contributed by atoms with Crippen molar-refractivity contribution in [1.29, 1.82) is 0 Å². The average molecular weight is 98.1 g/mol. The number of ether oxygens (including phenoxy) is 1. The van der Waals surface area contributed by atoms with Crippen LogP contribution in [0.5, 0.6) is 0 Å². The maximum absolute atomic E-state index is 5.21. The van der Waals surface area contributed by atoms with E-state index in [2.05, 4.69) is 6.92 Å². The molecule has 1 saturated carbocycles. The maximum atomic E-state index is 5.21. The molecule has 0 aromatic carbocycles. The lowest BCUT2D eigenvalue weighted by atomic mass is 10.1. The van der Waals surface area contributed by atoms with E-state index in [0.29, 0.717) is 5.41 Å². The Morgan fingerprint density at radius 2 is 2.57 bits per heavy atom. The van der Waals surface area contributed by atoms with Crippen molar-refractivity contribution in [2.45, 2.75) is 13.3 Å². The molecule has 0 radical (unpaired) electrons. The Kier molecular flexibility index (Phi) is 0.487. The van der Waals surface area contributed by atoms with Crippen LogP contribution in [0.1, 0.15) is 13.3 Å². The normalized spacial score (nSPS) is 57.0. The predicted octanol–water partition coefficient (Wildman–Crippen LogP) is 1.04. The molecule has 0 aromatic heterocycles. The van der Waals surface area contributed by atoms with Gasteiger partial charge in [-0.2, -0.15) is 0 Å². The number of hydrogen-bond donors (Lipinski definition) is 0. The van der Waals surface area contributed by atoms with Gasteiger partial charge in [-0.1, -0.05) is 6.92 Å². The summed E-state index contributed by atoms with van der Waals surface area (Å²) in [7, 11) is 0. The fraction of sp³-hybridized carbons (Fsp3) is 1.00. The van der Waals surface area contributed by atoms with Crippen LogP contribution in [-0.4, -0.2) is 13.2 Å². The van der Waals surface area contributed by atoms with Crippen molar-refractivity contribution in [3.63, 3.8) is 0 Å². The molecular formula is C6H10O. The van der Waals surface area contributed by atoms with Gasteiger partial charge in [0.05, 0.1) is 13.2 Å². The van der Waals surface area contributed by atoms with E-state index in [9.17, 15) is 0 Å². The van der Waals surface area contributed by atoms with Crippen LogP contribution in [0.25, 0.3) is 0 Å². The lowest BCUT2D eigenvalue weighted by Crippen LogP contribution is -1.96. The Morgan fingerprint density at radius 3 is 2.71 bits per heavy atom. The highest BCUT2D eigenvalue weighted by Gasteiger charge is 2.54. The van der Waals surface area contributed by atoms with Gasteiger partial charge in [0.2, 0.25) is 0 Å². The average Bonchev–Trinajstić information content (AvgIpc) is 2.09. The Morgan fingerprint density at radius 1 is 1.71 bits per heavy atom. The first-order valence-corrected chi connectivity index (χ1v) is 2.89. The molecule has 1 aliphatic heterocycles. The van der Waals surface area contributed by atoms with Gasteiger partial charge in [-0.3, -0.25) is 0 Å². The molecule has 0 aromatic rings. The molecule has 1 heteroatoms. The molecule has 1 aliphatic carbocycles. The van der Waals surface area contributed by atoms with Gasteiger partial charge >= 0.3 is 0 Å². The van der Waals surface area contributed by atoms with Crippen molar-refractivity contribution < 1.29 is 4.74 Å². The van der Waals surface area contributed by atoms with E-state index < -0.39 is 0 Å². The van der Waals surface area contributed by atoms with Gasteiger partial charge in [-0.15, -0.1) is 0 Å². The lowest BCUT2D eigenvalue weighted by Gasteiger charge is -1.96. The number of hydrogen-bond acceptors (Lipinski definition) is 1. The van der Waals surface area contributed by atoms with Crippen molar-refractivity contribution >= 4 is 0 Å². The van der Waals surface area contributed by atoms with Gasteiger partial charge in [-0.05, 0) is 17.8 Å². The molecule has 0 N–H and O–H groups in total. The minimum absolute atomic E-state index is 0.639. The molecule has 40 valence electrons. The van der Waals surface area contributed by atoms with E-state index in [4.69, 9.17) is 4.74 Å². The summed E-state index contributed by atoms with van der Waals surface area (Å²) in [4.78, 5) is 0. The van der Waals surface area contributed by atoms with E-state index >= 15 is 0 Å². The molecular weight excluding hydrogens is 88.1 g/mol. The maximum Gasteiger partial charge on any atom is 0.0523 e. The molecule has 1 nitrogen and oxygen atoms in total. The van der Waals surface area contributed by atoms with Crippen LogP contribution in [0.3, 0.4) is 0 Å². The van der Waals surface area contributed by atoms with E-state index in [1.165, 1.54) is 6.42 Å². The molecule has 2 rings (SSSR count). The Labute approximate surface area is 43.7 Å². The summed E-state index contributed by atoms with van der Waals surface area (Å²) < 4.78 is 5.21. The van der Waals surface area contributed by atoms with E-state index in [1.54, 1.807) is 0 Å². The standard InChI is InChI=1S/C6H10O/c1-6-2-5(6)3-7-4-6/h5H,2-4H2,1H3. The van der Waals surface area contributed by atoms with E-state index in [0.717, 1.165) is 19.1 Å². The van der Waals surface area contributed by atoms with Gasteiger partial charge in [0, 0.05) is 0 Å². The van der Waals surface area contributed by atoms with Crippen molar-refractivity contribution in [3.8, 4) is 0 Å². The van der Waals surface area contributed by atoms with Crippen LogP contribution in [0, 0.1) is 11.3 Å². The molecule has 0 bridgehead atoms. The van der Waals surface area contributed by atoms with Gasteiger partial charge in [-0.25, -0.2) is 0 Å².